The molecule has 1 aromatic heterocycles. The molecule has 0 unspecified atom stereocenters. The van der Waals surface area contributed by atoms with Gasteiger partial charge in [0.25, 0.3) is 0 Å². The van der Waals surface area contributed by atoms with Gasteiger partial charge in [0.05, 0.1) is 21.7 Å². The van der Waals surface area contributed by atoms with Crippen molar-refractivity contribution in [2.75, 3.05) is 0 Å². The lowest BCUT2D eigenvalue weighted by molar-refractivity contribution is 0.460. The Bertz CT molecular complexity index is 1610. The summed E-state index contributed by atoms with van der Waals surface area (Å²) in [6, 6.07) is 37.6. The van der Waals surface area contributed by atoms with Crippen LogP contribution in [0.5, 0.6) is 11.5 Å². The molecule has 0 saturated carbocycles. The molecule has 5 heteroatoms. The van der Waals surface area contributed by atoms with Crippen LogP contribution in [0.3, 0.4) is 0 Å². The maximum Gasteiger partial charge on any atom is 0.881 e. The molecule has 3 nitrogen and oxygen atoms in total. The van der Waals surface area contributed by atoms with E-state index in [0.29, 0.717) is 0 Å². The van der Waals surface area contributed by atoms with Crippen LogP contribution < -0.4 is 7.58 Å². The SMILES string of the molecule is Cc1ccc([O][Al][O]c2ccc(-c3ccc4ccccc4c3)cc2)c(-c2nc3ccccc3s2)c1. The first kappa shape index (κ1) is 21.9. The number of aromatic nitrogens is 1. The van der Waals surface area contributed by atoms with E-state index in [-0.39, 0.29) is 0 Å². The number of rotatable bonds is 6. The van der Waals surface area contributed by atoms with Crippen molar-refractivity contribution in [2.24, 2.45) is 0 Å². The van der Waals surface area contributed by atoms with Crippen LogP contribution in [-0.2, 0) is 0 Å². The Labute approximate surface area is 215 Å². The normalized spacial score (nSPS) is 11.0. The van der Waals surface area contributed by atoms with Gasteiger partial charge in [-0.3, -0.25) is 0 Å². The predicted octanol–water partition coefficient (Wildman–Crippen LogP) is 8.08. The molecule has 5 aromatic carbocycles. The lowest BCUT2D eigenvalue weighted by Gasteiger charge is -2.12. The summed E-state index contributed by atoms with van der Waals surface area (Å²) >= 11 is 0.962. The Morgan fingerprint density at radius 2 is 1.46 bits per heavy atom. The summed E-state index contributed by atoms with van der Waals surface area (Å²) in [5.74, 6) is 1.61. The van der Waals surface area contributed by atoms with Gasteiger partial charge in [-0.1, -0.05) is 72.3 Å². The van der Waals surface area contributed by atoms with Crippen LogP contribution in [0.4, 0.5) is 0 Å². The fourth-order valence-electron chi connectivity index (χ4n) is 4.13. The maximum atomic E-state index is 6.14. The molecule has 0 aliphatic carbocycles. The van der Waals surface area contributed by atoms with E-state index in [0.717, 1.165) is 33.2 Å². The van der Waals surface area contributed by atoms with Gasteiger partial charge in [0, 0.05) is 5.56 Å². The summed E-state index contributed by atoms with van der Waals surface area (Å²) in [4.78, 5) is 4.82. The van der Waals surface area contributed by atoms with Crippen LogP contribution in [0.25, 0.3) is 42.7 Å². The zero-order valence-corrected chi connectivity index (χ0v) is 21.1. The second-order valence-electron chi connectivity index (χ2n) is 8.40. The second kappa shape index (κ2) is 9.56. The third kappa shape index (κ3) is 4.67. The number of thiazole rings is 1. The van der Waals surface area contributed by atoms with Crippen molar-refractivity contribution in [3.63, 3.8) is 0 Å². The summed E-state index contributed by atoms with van der Waals surface area (Å²) in [6.07, 6.45) is 0. The summed E-state index contributed by atoms with van der Waals surface area (Å²) in [5, 5.41) is 3.45. The Balaban J connectivity index is 1.17. The zero-order valence-electron chi connectivity index (χ0n) is 19.1. The van der Waals surface area contributed by atoms with E-state index in [1.807, 2.05) is 36.4 Å². The third-order valence-corrected chi connectivity index (χ3v) is 7.74. The maximum absolute atomic E-state index is 6.14. The fourth-order valence-corrected chi connectivity index (χ4v) is 5.74. The predicted molar refractivity (Wildman–Crippen MR) is 146 cm³/mol. The quantitative estimate of drug-likeness (QED) is 0.223. The number of para-hydroxylation sites is 1. The van der Waals surface area contributed by atoms with Gasteiger partial charge in [-0.15, -0.1) is 11.3 Å². The van der Waals surface area contributed by atoms with E-state index in [2.05, 4.69) is 79.7 Å². The minimum atomic E-state index is -0.719. The van der Waals surface area contributed by atoms with E-state index in [4.69, 9.17) is 12.6 Å². The van der Waals surface area contributed by atoms with Gasteiger partial charge in [-0.2, -0.15) is 0 Å². The Morgan fingerprint density at radius 1 is 0.686 bits per heavy atom. The first-order valence-electron chi connectivity index (χ1n) is 11.4. The van der Waals surface area contributed by atoms with Crippen molar-refractivity contribution >= 4 is 48.2 Å². The third-order valence-electron chi connectivity index (χ3n) is 5.96. The highest BCUT2D eigenvalue weighted by molar-refractivity contribution is 7.21. The molecular weight excluding hydrogens is 465 g/mol. The Kier molecular flexibility index (Phi) is 5.98. The molecular formula is C30H21AlNO2S. The molecule has 0 atom stereocenters. The van der Waals surface area contributed by atoms with Crippen LogP contribution in [-0.4, -0.2) is 20.9 Å². The molecule has 0 bridgehead atoms. The van der Waals surface area contributed by atoms with Crippen LogP contribution in [0, 0.1) is 6.92 Å². The van der Waals surface area contributed by atoms with Gasteiger partial charge in [0.1, 0.15) is 5.01 Å². The van der Waals surface area contributed by atoms with Gasteiger partial charge in [-0.05, 0) is 71.3 Å². The molecule has 0 amide bonds. The molecule has 6 rings (SSSR count). The fraction of sp³-hybridized carbons (Fsp3) is 0.0333. The summed E-state index contributed by atoms with van der Waals surface area (Å²) in [7, 11) is 0. The Hall–Kier alpha value is -3.62. The molecule has 0 aliphatic rings. The highest BCUT2D eigenvalue weighted by atomic mass is 32.1. The number of hydrogen-bond donors (Lipinski definition) is 0. The van der Waals surface area contributed by atoms with E-state index in [1.165, 1.54) is 26.6 Å². The number of hydrogen-bond acceptors (Lipinski definition) is 4. The van der Waals surface area contributed by atoms with Gasteiger partial charge in [-0.25, -0.2) is 4.98 Å². The first-order chi connectivity index (χ1) is 17.2. The molecule has 0 aliphatic heterocycles. The molecule has 35 heavy (non-hydrogen) atoms. The van der Waals surface area contributed by atoms with Gasteiger partial charge in [0.15, 0.2) is 0 Å². The van der Waals surface area contributed by atoms with Crippen molar-refractivity contribution in [1.29, 1.82) is 0 Å². The molecule has 0 N–H and O–H groups in total. The smallest absolute Gasteiger partial charge is 0.616 e. The minimum Gasteiger partial charge on any atom is -0.616 e. The molecule has 0 saturated heterocycles. The number of fused-ring (bicyclic) bond motifs is 2. The molecule has 6 aromatic rings. The topological polar surface area (TPSA) is 31.4 Å². The average molecular weight is 487 g/mol. The Morgan fingerprint density at radius 3 is 2.31 bits per heavy atom. The lowest BCUT2D eigenvalue weighted by atomic mass is 10.0. The average Bonchev–Trinajstić information content (AvgIpc) is 3.34. The molecule has 1 radical (unpaired) electrons. The number of benzene rings is 5. The zero-order chi connectivity index (χ0) is 23.6. The standard InChI is InChI=1S/C16H12O.C14H11NOS.Al/c17-16-9-7-13(8-10-16)15-6-5-12-3-1-2-4-14(12)11-15;1-9-6-7-12(16)10(8-9)14-15-11-4-2-3-5-13(11)17-14;/h1-11,17H;2-8,16H,1H3;/q;;+2/p-2. The van der Waals surface area contributed by atoms with Crippen molar-refractivity contribution in [3.8, 4) is 33.2 Å². The second-order valence-corrected chi connectivity index (χ2v) is 10.1. The monoisotopic (exact) mass is 486 g/mol. The van der Waals surface area contributed by atoms with E-state index < -0.39 is 15.9 Å². The molecule has 167 valence electrons. The number of nitrogens with zero attached hydrogens (tertiary/aromatic N) is 1. The summed E-state index contributed by atoms with van der Waals surface area (Å²) in [6.45, 7) is 2.08. The van der Waals surface area contributed by atoms with Crippen molar-refractivity contribution in [3.05, 3.63) is 115 Å². The van der Waals surface area contributed by atoms with Crippen molar-refractivity contribution < 1.29 is 7.58 Å². The van der Waals surface area contributed by atoms with E-state index >= 15 is 0 Å². The highest BCUT2D eigenvalue weighted by Gasteiger charge is 2.15. The minimum absolute atomic E-state index is 0.719. The molecule has 1 heterocycles. The van der Waals surface area contributed by atoms with Gasteiger partial charge >= 0.3 is 15.9 Å². The number of aryl methyl sites for hydroxylation is 1. The largest absolute Gasteiger partial charge is 0.881 e. The van der Waals surface area contributed by atoms with Crippen LogP contribution in [0.2, 0.25) is 0 Å². The summed E-state index contributed by atoms with van der Waals surface area (Å²) < 4.78 is 13.3. The summed E-state index contributed by atoms with van der Waals surface area (Å²) in [5.41, 5.74) is 5.55. The first-order valence-corrected chi connectivity index (χ1v) is 13.2. The molecule has 0 spiro atoms. The van der Waals surface area contributed by atoms with Gasteiger partial charge < -0.3 is 7.58 Å². The van der Waals surface area contributed by atoms with Crippen LogP contribution in [0.1, 0.15) is 5.56 Å². The van der Waals surface area contributed by atoms with Crippen molar-refractivity contribution in [2.45, 2.75) is 6.92 Å². The van der Waals surface area contributed by atoms with Crippen LogP contribution >= 0.6 is 11.3 Å². The highest BCUT2D eigenvalue weighted by Crippen LogP contribution is 2.36. The van der Waals surface area contributed by atoms with E-state index in [1.54, 1.807) is 11.3 Å². The van der Waals surface area contributed by atoms with Crippen molar-refractivity contribution in [1.82, 2.24) is 4.98 Å². The molecule has 0 fully saturated rings. The van der Waals surface area contributed by atoms with Crippen LogP contribution in [0.15, 0.2) is 109 Å². The van der Waals surface area contributed by atoms with E-state index in [9.17, 15) is 0 Å². The van der Waals surface area contributed by atoms with Gasteiger partial charge in [0.2, 0.25) is 0 Å². The lowest BCUT2D eigenvalue weighted by Crippen LogP contribution is -2.11.